The van der Waals surface area contributed by atoms with Crippen molar-refractivity contribution in [1.82, 2.24) is 0 Å². The first-order valence-corrected chi connectivity index (χ1v) is 10.6. The van der Waals surface area contributed by atoms with E-state index >= 15 is 0 Å². The van der Waals surface area contributed by atoms with Crippen LogP contribution in [0.2, 0.25) is 0 Å². The molecule has 0 radical (unpaired) electrons. The lowest BCUT2D eigenvalue weighted by Gasteiger charge is -2.27. The molecule has 2 N–H and O–H groups in total. The number of carbonyl (C=O) groups is 2. The predicted octanol–water partition coefficient (Wildman–Crippen LogP) is 4.50. The van der Waals surface area contributed by atoms with Gasteiger partial charge < -0.3 is 10.2 Å². The fourth-order valence-corrected chi connectivity index (χ4v) is 5.89. The van der Waals surface area contributed by atoms with Gasteiger partial charge in [0.1, 0.15) is 17.1 Å². The Bertz CT molecular complexity index is 1120. The molecule has 0 spiro atoms. The number of thioether (sulfide) groups is 2. The number of hydrogen-bond donors (Lipinski definition) is 2. The van der Waals surface area contributed by atoms with Crippen LogP contribution in [-0.2, 0) is 9.59 Å². The average Bonchev–Trinajstić information content (AvgIpc) is 3.32. The van der Waals surface area contributed by atoms with Gasteiger partial charge in [0.05, 0.1) is 25.4 Å². The maximum absolute atomic E-state index is 13.5. The first-order valence-electron chi connectivity index (χ1n) is 9.00. The third-order valence-corrected chi connectivity index (χ3v) is 7.32. The van der Waals surface area contributed by atoms with Gasteiger partial charge in [-0.05, 0) is 36.4 Å². The highest BCUT2D eigenvalue weighted by Crippen LogP contribution is 2.59. The van der Waals surface area contributed by atoms with Crippen LogP contribution in [0.15, 0.2) is 92.4 Å². The number of carbonyl (C=O) groups excluding carboxylic acids is 2. The maximum atomic E-state index is 13.5. The van der Waals surface area contributed by atoms with Crippen molar-refractivity contribution < 1.29 is 19.8 Å². The molecule has 0 bridgehead atoms. The molecule has 0 aromatic heterocycles. The van der Waals surface area contributed by atoms with Gasteiger partial charge in [-0.2, -0.15) is 0 Å². The minimum atomic E-state index is -0.461. The van der Waals surface area contributed by atoms with E-state index in [1.54, 1.807) is 48.5 Å². The largest absolute Gasteiger partial charge is 0.507 e. The van der Waals surface area contributed by atoms with E-state index in [-0.39, 0.29) is 17.1 Å². The van der Waals surface area contributed by atoms with Crippen molar-refractivity contribution in [3.63, 3.8) is 0 Å². The van der Waals surface area contributed by atoms with Crippen LogP contribution >= 0.6 is 23.5 Å². The fourth-order valence-electron chi connectivity index (χ4n) is 3.31. The summed E-state index contributed by atoms with van der Waals surface area (Å²) in [6.07, 6.45) is 0. The van der Waals surface area contributed by atoms with E-state index in [1.165, 1.54) is 22.2 Å². The molecule has 3 aromatic rings. The molecule has 1 fully saturated rings. The van der Waals surface area contributed by atoms with Crippen LogP contribution in [0, 0.1) is 0 Å². The second-order valence-electron chi connectivity index (χ2n) is 6.53. The number of nitrogens with zero attached hydrogens (tertiary/aromatic N) is 2. The summed E-state index contributed by atoms with van der Waals surface area (Å²) in [5.74, 6) is -0.934. The van der Waals surface area contributed by atoms with Gasteiger partial charge in [0.2, 0.25) is 0 Å². The van der Waals surface area contributed by atoms with E-state index in [1.807, 2.05) is 12.1 Å². The summed E-state index contributed by atoms with van der Waals surface area (Å²) in [6.45, 7) is 0. The number of anilines is 2. The molecule has 2 heterocycles. The monoisotopic (exact) mass is 434 g/mol. The lowest BCUT2D eigenvalue weighted by molar-refractivity contribution is -0.116. The summed E-state index contributed by atoms with van der Waals surface area (Å²) in [5, 5.41) is 23.0. The Balaban J connectivity index is 1.66. The predicted molar refractivity (Wildman–Crippen MR) is 116 cm³/mol. The Morgan fingerprint density at radius 3 is 1.40 bits per heavy atom. The van der Waals surface area contributed by atoms with Gasteiger partial charge in [0, 0.05) is 0 Å². The number of para-hydroxylation sites is 2. The molecule has 0 unspecified atom stereocenters. The van der Waals surface area contributed by atoms with Crippen molar-refractivity contribution in [1.29, 1.82) is 0 Å². The number of aromatic hydroxyl groups is 2. The number of phenols is 2. The molecule has 148 valence electrons. The molecule has 6 nitrogen and oxygen atoms in total. The number of amides is 2. The number of rotatable bonds is 2. The molecule has 0 aliphatic carbocycles. The van der Waals surface area contributed by atoms with Gasteiger partial charge in [-0.25, -0.2) is 10.0 Å². The Labute approximate surface area is 180 Å². The molecule has 0 saturated carbocycles. The number of phenolic OH excluding ortho intramolecular Hbond substituents is 2. The Morgan fingerprint density at radius 1 is 0.600 bits per heavy atom. The van der Waals surface area contributed by atoms with E-state index in [0.29, 0.717) is 25.4 Å². The zero-order valence-electron chi connectivity index (χ0n) is 15.4. The summed E-state index contributed by atoms with van der Waals surface area (Å²) in [4.78, 5) is 27.8. The Hall–Kier alpha value is -3.36. The number of benzene rings is 3. The molecule has 0 atom stereocenters. The SMILES string of the molecule is O=C1C(=C2Sc3c(O)ccc(O)c3S2)C(=O)N(c2ccccc2)N1c1ccccc1. The topological polar surface area (TPSA) is 81.1 Å². The third-order valence-electron chi connectivity index (χ3n) is 4.68. The molecule has 30 heavy (non-hydrogen) atoms. The molecule has 2 amide bonds. The molecule has 3 aromatic carbocycles. The zero-order chi connectivity index (χ0) is 20.8. The maximum Gasteiger partial charge on any atom is 0.284 e. The minimum absolute atomic E-state index is 0.00590. The zero-order valence-corrected chi connectivity index (χ0v) is 17.0. The van der Waals surface area contributed by atoms with Gasteiger partial charge >= 0.3 is 0 Å². The highest BCUT2D eigenvalue weighted by molar-refractivity contribution is 8.25. The summed E-state index contributed by atoms with van der Waals surface area (Å²) < 4.78 is 0.427. The van der Waals surface area contributed by atoms with Crippen LogP contribution < -0.4 is 10.0 Å². The Kier molecular flexibility index (Phi) is 4.45. The highest BCUT2D eigenvalue weighted by atomic mass is 32.2. The highest BCUT2D eigenvalue weighted by Gasteiger charge is 2.46. The van der Waals surface area contributed by atoms with E-state index in [0.717, 1.165) is 23.5 Å². The molecule has 2 aliphatic heterocycles. The fraction of sp³-hybridized carbons (Fsp3) is 0. The van der Waals surface area contributed by atoms with Crippen molar-refractivity contribution >= 4 is 46.7 Å². The molecular weight excluding hydrogens is 420 g/mol. The molecule has 2 aliphatic rings. The standard InChI is InChI=1S/C22H14N2O4S2/c25-15-11-12-16(26)19-18(15)29-22(30-19)17-20(27)23(13-7-3-1-4-8-13)24(21(17)28)14-9-5-2-6-10-14/h1-12,25-26H. The van der Waals surface area contributed by atoms with Gasteiger partial charge in [-0.3, -0.25) is 9.59 Å². The van der Waals surface area contributed by atoms with Crippen LogP contribution in [0.25, 0.3) is 0 Å². The van der Waals surface area contributed by atoms with Crippen LogP contribution in [0.1, 0.15) is 0 Å². The van der Waals surface area contributed by atoms with Crippen LogP contribution in [0.4, 0.5) is 11.4 Å². The number of hydrazine groups is 1. The van der Waals surface area contributed by atoms with Crippen molar-refractivity contribution in [2.24, 2.45) is 0 Å². The van der Waals surface area contributed by atoms with Crippen molar-refractivity contribution in [2.75, 3.05) is 10.0 Å². The van der Waals surface area contributed by atoms with Crippen LogP contribution in [-0.4, -0.2) is 22.0 Å². The van der Waals surface area contributed by atoms with E-state index in [9.17, 15) is 19.8 Å². The van der Waals surface area contributed by atoms with E-state index in [2.05, 4.69) is 0 Å². The summed E-state index contributed by atoms with van der Waals surface area (Å²) in [7, 11) is 0. The lowest BCUT2D eigenvalue weighted by atomic mass is 10.2. The molecule has 8 heteroatoms. The normalized spacial score (nSPS) is 15.9. The quantitative estimate of drug-likeness (QED) is 0.351. The van der Waals surface area contributed by atoms with E-state index in [4.69, 9.17) is 0 Å². The third kappa shape index (κ3) is 2.84. The summed E-state index contributed by atoms with van der Waals surface area (Å²) in [5.41, 5.74) is 1.13. The van der Waals surface area contributed by atoms with Crippen LogP contribution in [0.5, 0.6) is 11.5 Å². The average molecular weight is 434 g/mol. The van der Waals surface area contributed by atoms with Gasteiger partial charge in [-0.1, -0.05) is 59.9 Å². The molecular formula is C22H14N2O4S2. The molecule has 1 saturated heterocycles. The first-order chi connectivity index (χ1) is 14.6. The van der Waals surface area contributed by atoms with Gasteiger partial charge in [0.15, 0.2) is 0 Å². The second kappa shape index (κ2) is 7.16. The van der Waals surface area contributed by atoms with Crippen LogP contribution in [0.3, 0.4) is 0 Å². The second-order valence-corrected chi connectivity index (χ2v) is 8.83. The molecule has 5 rings (SSSR count). The van der Waals surface area contributed by atoms with E-state index < -0.39 is 11.8 Å². The lowest BCUT2D eigenvalue weighted by Crippen LogP contribution is -2.41. The van der Waals surface area contributed by atoms with Crippen molar-refractivity contribution in [2.45, 2.75) is 9.79 Å². The summed E-state index contributed by atoms with van der Waals surface area (Å²) >= 11 is 2.23. The minimum Gasteiger partial charge on any atom is -0.507 e. The number of fused-ring (bicyclic) bond motifs is 1. The smallest absolute Gasteiger partial charge is 0.284 e. The van der Waals surface area contributed by atoms with Crippen molar-refractivity contribution in [3.8, 4) is 11.5 Å². The van der Waals surface area contributed by atoms with Crippen molar-refractivity contribution in [3.05, 3.63) is 82.6 Å². The number of hydrogen-bond acceptors (Lipinski definition) is 6. The summed E-state index contributed by atoms with van der Waals surface area (Å²) in [6, 6.07) is 20.7. The van der Waals surface area contributed by atoms with Gasteiger partial charge in [-0.15, -0.1) is 0 Å². The first kappa shape index (κ1) is 18.7. The Morgan fingerprint density at radius 2 is 1.00 bits per heavy atom. The van der Waals surface area contributed by atoms with Gasteiger partial charge in [0.25, 0.3) is 11.8 Å².